The highest BCUT2D eigenvalue weighted by Crippen LogP contribution is 2.35. The minimum Gasteiger partial charge on any atom is -0.466 e. The van der Waals surface area contributed by atoms with Gasteiger partial charge in [0.25, 0.3) is 5.01 Å². The van der Waals surface area contributed by atoms with Gasteiger partial charge in [-0.1, -0.05) is 41.7 Å². The minimum absolute atomic E-state index is 0.0914. The summed E-state index contributed by atoms with van der Waals surface area (Å²) in [6.07, 6.45) is 1.84. The van der Waals surface area contributed by atoms with Gasteiger partial charge < -0.3 is 9.64 Å². The van der Waals surface area contributed by atoms with Gasteiger partial charge in [0.1, 0.15) is 10.5 Å². The van der Waals surface area contributed by atoms with Crippen LogP contribution in [-0.4, -0.2) is 30.6 Å². The Kier molecular flexibility index (Phi) is 5.09. The molecule has 2 aromatic heterocycles. The number of fused-ring (bicyclic) bond motifs is 2. The molecule has 6 heteroatoms. The quantitative estimate of drug-likeness (QED) is 0.451. The Morgan fingerprint density at radius 2 is 2.07 bits per heavy atom. The topological polar surface area (TPSA) is 56.6 Å². The molecule has 1 N–H and O–H groups in total. The van der Waals surface area contributed by atoms with Gasteiger partial charge in [0.05, 0.1) is 23.6 Å². The van der Waals surface area contributed by atoms with Crippen molar-refractivity contribution in [2.45, 2.75) is 19.8 Å². The van der Waals surface area contributed by atoms with Crippen LogP contribution < -0.4 is 9.88 Å². The third-order valence-corrected chi connectivity index (χ3v) is 6.76. The van der Waals surface area contributed by atoms with E-state index in [9.17, 15) is 4.79 Å². The standard InChI is InChI=1S/C24H23N3O2S/c1-2-29-24(28)16-8-7-13-27(15-16)22-14-18(17-9-3-4-10-19(17)25-22)23-26-20-11-5-6-12-21(20)30-23/h3-6,9-12,14,16H,2,7-8,13,15H2,1H3/p+1/t16-/m1/s1. The first-order chi connectivity index (χ1) is 14.7. The molecule has 1 saturated heterocycles. The second kappa shape index (κ2) is 8.03. The Hall–Kier alpha value is -2.99. The molecule has 1 atom stereocenters. The normalized spacial score (nSPS) is 16.8. The number of aromatic nitrogens is 2. The van der Waals surface area contributed by atoms with Crippen LogP contribution in [0.1, 0.15) is 19.8 Å². The van der Waals surface area contributed by atoms with E-state index in [4.69, 9.17) is 9.72 Å². The summed E-state index contributed by atoms with van der Waals surface area (Å²) in [4.78, 5) is 23.1. The van der Waals surface area contributed by atoms with Gasteiger partial charge in [0.15, 0.2) is 0 Å². The molecule has 1 fully saturated rings. The fourth-order valence-corrected chi connectivity index (χ4v) is 5.22. The lowest BCUT2D eigenvalue weighted by Gasteiger charge is -2.32. The van der Waals surface area contributed by atoms with Crippen LogP contribution in [-0.2, 0) is 9.53 Å². The first kappa shape index (κ1) is 19.0. The molecule has 0 amide bonds. The number of hydrogen-bond donors (Lipinski definition) is 0. The average Bonchev–Trinajstić information content (AvgIpc) is 3.23. The number of para-hydroxylation sites is 2. The number of H-pyrrole nitrogens is 1. The van der Waals surface area contributed by atoms with Crippen molar-refractivity contribution in [1.29, 1.82) is 0 Å². The SMILES string of the molecule is CCOC(=O)[C@@H]1CCCN(c2cc(-c3[nH+]c4ccccc4s3)c3ccccc3n2)C1. The van der Waals surface area contributed by atoms with E-state index < -0.39 is 0 Å². The zero-order valence-electron chi connectivity index (χ0n) is 16.9. The van der Waals surface area contributed by atoms with Crippen molar-refractivity contribution in [2.75, 3.05) is 24.6 Å². The number of anilines is 1. The highest BCUT2D eigenvalue weighted by atomic mass is 32.1. The maximum Gasteiger partial charge on any atom is 0.310 e. The van der Waals surface area contributed by atoms with Gasteiger partial charge >= 0.3 is 5.97 Å². The summed E-state index contributed by atoms with van der Waals surface area (Å²) in [6, 6.07) is 18.8. The Labute approximate surface area is 179 Å². The van der Waals surface area contributed by atoms with Crippen molar-refractivity contribution >= 4 is 44.2 Å². The number of benzene rings is 2. The number of esters is 1. The van der Waals surface area contributed by atoms with Gasteiger partial charge in [-0.15, -0.1) is 0 Å². The second-order valence-corrected chi connectivity index (χ2v) is 8.69. The monoisotopic (exact) mass is 418 g/mol. The summed E-state index contributed by atoms with van der Waals surface area (Å²) in [5.41, 5.74) is 3.25. The number of piperidine rings is 1. The lowest BCUT2D eigenvalue weighted by molar-refractivity contribution is -0.325. The zero-order valence-corrected chi connectivity index (χ0v) is 17.7. The number of hydrogen-bond acceptors (Lipinski definition) is 5. The Morgan fingerprint density at radius 1 is 1.23 bits per heavy atom. The number of carbonyl (C=O) groups excluding carboxylic acids is 1. The molecule has 1 aliphatic heterocycles. The summed E-state index contributed by atoms with van der Waals surface area (Å²) >= 11 is 1.76. The molecule has 5 nitrogen and oxygen atoms in total. The first-order valence-corrected chi connectivity index (χ1v) is 11.3. The maximum atomic E-state index is 12.3. The molecule has 3 heterocycles. The van der Waals surface area contributed by atoms with Gasteiger partial charge in [-0.2, -0.15) is 4.98 Å². The largest absolute Gasteiger partial charge is 0.466 e. The number of pyridine rings is 1. The molecule has 5 rings (SSSR count). The Bertz CT molecular complexity index is 1190. The van der Waals surface area contributed by atoms with Gasteiger partial charge in [-0.3, -0.25) is 4.79 Å². The number of thiazole rings is 1. The molecular formula is C24H24N3O2S+. The Balaban J connectivity index is 1.57. The van der Waals surface area contributed by atoms with E-state index in [1.807, 2.05) is 13.0 Å². The van der Waals surface area contributed by atoms with Crippen LogP contribution in [0, 0.1) is 5.92 Å². The Morgan fingerprint density at radius 3 is 2.93 bits per heavy atom. The van der Waals surface area contributed by atoms with Gasteiger partial charge in [-0.25, -0.2) is 4.98 Å². The van der Waals surface area contributed by atoms with Gasteiger partial charge in [0, 0.05) is 24.5 Å². The smallest absolute Gasteiger partial charge is 0.310 e. The number of nitrogens with zero attached hydrogens (tertiary/aromatic N) is 2. The third-order valence-electron chi connectivity index (χ3n) is 5.66. The van der Waals surface area contributed by atoms with Crippen LogP contribution in [0.3, 0.4) is 0 Å². The number of ether oxygens (including phenoxy) is 1. The van der Waals surface area contributed by atoms with Crippen LogP contribution in [0.2, 0.25) is 0 Å². The van der Waals surface area contributed by atoms with Crippen LogP contribution in [0.4, 0.5) is 5.82 Å². The molecule has 0 unspecified atom stereocenters. The molecular weight excluding hydrogens is 394 g/mol. The summed E-state index contributed by atoms with van der Waals surface area (Å²) in [5, 5.41) is 2.25. The van der Waals surface area contributed by atoms with E-state index in [1.54, 1.807) is 11.3 Å². The lowest BCUT2D eigenvalue weighted by atomic mass is 9.98. The molecule has 1 aliphatic rings. The number of nitrogens with one attached hydrogen (secondary N) is 1. The summed E-state index contributed by atoms with van der Waals surface area (Å²) in [7, 11) is 0. The van der Waals surface area contributed by atoms with Crippen LogP contribution in [0.25, 0.3) is 31.7 Å². The molecule has 0 spiro atoms. The molecule has 0 bridgehead atoms. The molecule has 4 aromatic rings. The predicted octanol–water partition coefficient (Wildman–Crippen LogP) is 4.71. The van der Waals surface area contributed by atoms with Crippen LogP contribution in [0.5, 0.6) is 0 Å². The van der Waals surface area contributed by atoms with E-state index >= 15 is 0 Å². The van der Waals surface area contributed by atoms with Crippen molar-refractivity contribution in [3.8, 4) is 10.6 Å². The summed E-state index contributed by atoms with van der Waals surface area (Å²) < 4.78 is 6.50. The van der Waals surface area contributed by atoms with E-state index in [0.29, 0.717) is 13.2 Å². The number of rotatable bonds is 4. The van der Waals surface area contributed by atoms with Gasteiger partial charge in [-0.05, 0) is 38.0 Å². The zero-order chi connectivity index (χ0) is 20.5. The van der Waals surface area contributed by atoms with Crippen molar-refractivity contribution in [3.63, 3.8) is 0 Å². The second-order valence-electron chi connectivity index (χ2n) is 7.63. The molecule has 0 saturated carbocycles. The average molecular weight is 419 g/mol. The maximum absolute atomic E-state index is 12.3. The minimum atomic E-state index is -0.0962. The van der Waals surface area contributed by atoms with E-state index in [2.05, 4.69) is 58.4 Å². The van der Waals surface area contributed by atoms with E-state index in [0.717, 1.165) is 52.2 Å². The number of carbonyl (C=O) groups is 1. The van der Waals surface area contributed by atoms with Crippen molar-refractivity contribution in [3.05, 3.63) is 54.6 Å². The molecule has 30 heavy (non-hydrogen) atoms. The van der Waals surface area contributed by atoms with Gasteiger partial charge in [0.2, 0.25) is 5.52 Å². The molecule has 152 valence electrons. The van der Waals surface area contributed by atoms with Crippen molar-refractivity contribution < 1.29 is 14.5 Å². The summed E-state index contributed by atoms with van der Waals surface area (Å²) in [5.74, 6) is 0.732. The highest BCUT2D eigenvalue weighted by Gasteiger charge is 2.28. The predicted molar refractivity (Wildman–Crippen MR) is 121 cm³/mol. The van der Waals surface area contributed by atoms with Crippen LogP contribution >= 0.6 is 11.3 Å². The van der Waals surface area contributed by atoms with E-state index in [-0.39, 0.29) is 11.9 Å². The van der Waals surface area contributed by atoms with Crippen molar-refractivity contribution in [1.82, 2.24) is 4.98 Å². The highest BCUT2D eigenvalue weighted by molar-refractivity contribution is 7.21. The fourth-order valence-electron chi connectivity index (χ4n) is 4.19. The summed E-state index contributed by atoms with van der Waals surface area (Å²) in [6.45, 7) is 3.84. The lowest BCUT2D eigenvalue weighted by Crippen LogP contribution is -2.39. The van der Waals surface area contributed by atoms with E-state index in [1.165, 1.54) is 4.70 Å². The van der Waals surface area contributed by atoms with Crippen molar-refractivity contribution in [2.24, 2.45) is 5.92 Å². The third kappa shape index (κ3) is 3.52. The fraction of sp³-hybridized carbons (Fsp3) is 0.292. The number of aromatic amines is 1. The van der Waals surface area contributed by atoms with Crippen LogP contribution in [0.15, 0.2) is 54.6 Å². The molecule has 2 aromatic carbocycles. The first-order valence-electron chi connectivity index (χ1n) is 10.5. The molecule has 0 aliphatic carbocycles. The molecule has 0 radical (unpaired) electrons.